The fourth-order valence-corrected chi connectivity index (χ4v) is 1.74. The topological polar surface area (TPSA) is 83.8 Å². The zero-order chi connectivity index (χ0) is 13.9. The molecule has 0 spiro atoms. The Labute approximate surface area is 109 Å². The molecule has 0 aliphatic heterocycles. The zero-order valence-corrected chi connectivity index (χ0v) is 11.9. The predicted octanol–water partition coefficient (Wildman–Crippen LogP) is 2.42. The Bertz CT molecular complexity index is 419. The summed E-state index contributed by atoms with van der Waals surface area (Å²) in [6.07, 6.45) is 1.74. The molecule has 0 bridgehead atoms. The van der Waals surface area contributed by atoms with Crippen molar-refractivity contribution in [3.8, 4) is 0 Å². The second kappa shape index (κ2) is 5.42. The number of hydrogen-bond acceptors (Lipinski definition) is 3. The molecular formula is C13H24N4O. The fourth-order valence-electron chi connectivity index (χ4n) is 1.74. The SMILES string of the molecule is CCC(C)(CC)NC(=O)c1n[nH]c(C(C)C)c1N. The van der Waals surface area contributed by atoms with Gasteiger partial charge in [0.25, 0.3) is 5.91 Å². The Morgan fingerprint density at radius 2 is 2.00 bits per heavy atom. The fraction of sp³-hybridized carbons (Fsp3) is 0.692. The van der Waals surface area contributed by atoms with E-state index in [0.717, 1.165) is 18.5 Å². The Kier molecular flexibility index (Phi) is 4.38. The van der Waals surface area contributed by atoms with Gasteiger partial charge in [-0.05, 0) is 25.7 Å². The van der Waals surface area contributed by atoms with Gasteiger partial charge in [0.15, 0.2) is 5.69 Å². The van der Waals surface area contributed by atoms with Crippen molar-refractivity contribution in [1.82, 2.24) is 15.5 Å². The quantitative estimate of drug-likeness (QED) is 0.752. The number of nitrogens with two attached hydrogens (primary N) is 1. The van der Waals surface area contributed by atoms with Crippen molar-refractivity contribution in [2.75, 3.05) is 5.73 Å². The molecule has 1 rings (SSSR count). The van der Waals surface area contributed by atoms with Crippen molar-refractivity contribution in [3.05, 3.63) is 11.4 Å². The molecule has 0 fully saturated rings. The monoisotopic (exact) mass is 252 g/mol. The Morgan fingerprint density at radius 3 is 2.39 bits per heavy atom. The lowest BCUT2D eigenvalue weighted by Crippen LogP contribution is -2.45. The number of rotatable bonds is 5. The van der Waals surface area contributed by atoms with E-state index in [-0.39, 0.29) is 17.4 Å². The van der Waals surface area contributed by atoms with Crippen molar-refractivity contribution in [2.45, 2.75) is 58.9 Å². The molecule has 1 heterocycles. The molecule has 0 aromatic carbocycles. The van der Waals surface area contributed by atoms with Crippen LogP contribution in [0.3, 0.4) is 0 Å². The highest BCUT2D eigenvalue weighted by atomic mass is 16.2. The van der Waals surface area contributed by atoms with E-state index in [1.807, 2.05) is 20.8 Å². The Balaban J connectivity index is 2.92. The first kappa shape index (κ1) is 14.5. The molecule has 0 unspecified atom stereocenters. The van der Waals surface area contributed by atoms with Crippen molar-refractivity contribution in [2.24, 2.45) is 0 Å². The molecule has 0 aliphatic carbocycles. The molecule has 0 saturated heterocycles. The number of aromatic nitrogens is 2. The number of hydrogen-bond donors (Lipinski definition) is 3. The van der Waals surface area contributed by atoms with Gasteiger partial charge < -0.3 is 11.1 Å². The number of nitrogens with zero attached hydrogens (tertiary/aromatic N) is 1. The summed E-state index contributed by atoms with van der Waals surface area (Å²) in [4.78, 5) is 12.2. The third kappa shape index (κ3) is 2.83. The molecule has 5 heteroatoms. The van der Waals surface area contributed by atoms with Gasteiger partial charge in [0.1, 0.15) is 0 Å². The number of H-pyrrole nitrogens is 1. The van der Waals surface area contributed by atoms with Gasteiger partial charge >= 0.3 is 0 Å². The maximum atomic E-state index is 12.2. The van der Waals surface area contributed by atoms with Gasteiger partial charge in [-0.25, -0.2) is 0 Å². The van der Waals surface area contributed by atoms with Crippen LogP contribution in [0.2, 0.25) is 0 Å². The number of carbonyl (C=O) groups excluding carboxylic acids is 1. The molecule has 18 heavy (non-hydrogen) atoms. The summed E-state index contributed by atoms with van der Waals surface area (Å²) in [6.45, 7) is 10.1. The summed E-state index contributed by atoms with van der Waals surface area (Å²) in [6, 6.07) is 0. The minimum atomic E-state index is -0.208. The van der Waals surface area contributed by atoms with E-state index in [1.165, 1.54) is 0 Å². The zero-order valence-electron chi connectivity index (χ0n) is 11.9. The van der Waals surface area contributed by atoms with Crippen LogP contribution in [0, 0.1) is 0 Å². The third-order valence-electron chi connectivity index (χ3n) is 3.60. The van der Waals surface area contributed by atoms with Gasteiger partial charge in [0, 0.05) is 5.54 Å². The van der Waals surface area contributed by atoms with Crippen molar-refractivity contribution < 1.29 is 4.79 Å². The molecular weight excluding hydrogens is 228 g/mol. The average molecular weight is 252 g/mol. The van der Waals surface area contributed by atoms with Gasteiger partial charge in [-0.1, -0.05) is 27.7 Å². The van der Waals surface area contributed by atoms with Gasteiger partial charge in [-0.2, -0.15) is 5.10 Å². The summed E-state index contributed by atoms with van der Waals surface area (Å²) in [5.74, 6) is 0.0182. The second-order valence-electron chi connectivity index (χ2n) is 5.28. The van der Waals surface area contributed by atoms with Gasteiger partial charge in [-0.15, -0.1) is 0 Å². The predicted molar refractivity (Wildman–Crippen MR) is 73.5 cm³/mol. The minimum Gasteiger partial charge on any atom is -0.395 e. The van der Waals surface area contributed by atoms with Crippen LogP contribution in [0.4, 0.5) is 5.69 Å². The molecule has 1 aromatic heterocycles. The highest BCUT2D eigenvalue weighted by molar-refractivity contribution is 5.98. The van der Waals surface area contributed by atoms with Crippen LogP contribution in [0.25, 0.3) is 0 Å². The molecule has 0 radical (unpaired) electrons. The first-order valence-electron chi connectivity index (χ1n) is 6.50. The normalized spacial score (nSPS) is 11.9. The molecule has 1 amide bonds. The molecule has 0 aliphatic rings. The standard InChI is InChI=1S/C13H24N4O/c1-6-13(5,7-2)15-12(18)11-9(14)10(8(3)4)16-17-11/h8H,6-7,14H2,1-5H3,(H,15,18)(H,16,17). The summed E-state index contributed by atoms with van der Waals surface area (Å²) < 4.78 is 0. The van der Waals surface area contributed by atoms with Crippen molar-refractivity contribution in [3.63, 3.8) is 0 Å². The van der Waals surface area contributed by atoms with Crippen LogP contribution < -0.4 is 11.1 Å². The van der Waals surface area contributed by atoms with Crippen LogP contribution in [-0.4, -0.2) is 21.6 Å². The number of carbonyl (C=O) groups is 1. The van der Waals surface area contributed by atoms with Crippen LogP contribution in [0.1, 0.15) is 69.6 Å². The molecule has 5 nitrogen and oxygen atoms in total. The summed E-state index contributed by atoms with van der Waals surface area (Å²) in [7, 11) is 0. The van der Waals surface area contributed by atoms with E-state index in [9.17, 15) is 4.79 Å². The highest BCUT2D eigenvalue weighted by Crippen LogP contribution is 2.23. The van der Waals surface area contributed by atoms with Gasteiger partial charge in [0.05, 0.1) is 11.4 Å². The molecule has 0 atom stereocenters. The summed E-state index contributed by atoms with van der Waals surface area (Å²) >= 11 is 0. The lowest BCUT2D eigenvalue weighted by Gasteiger charge is -2.27. The number of nitrogen functional groups attached to an aromatic ring is 1. The molecule has 102 valence electrons. The maximum Gasteiger partial charge on any atom is 0.274 e. The number of aromatic amines is 1. The number of anilines is 1. The van der Waals surface area contributed by atoms with Crippen molar-refractivity contribution >= 4 is 11.6 Å². The third-order valence-corrected chi connectivity index (χ3v) is 3.60. The van der Waals surface area contributed by atoms with E-state index >= 15 is 0 Å². The smallest absolute Gasteiger partial charge is 0.274 e. The largest absolute Gasteiger partial charge is 0.395 e. The number of nitrogens with one attached hydrogen (secondary N) is 2. The maximum absolute atomic E-state index is 12.2. The average Bonchev–Trinajstić information content (AvgIpc) is 2.71. The van der Waals surface area contributed by atoms with E-state index in [0.29, 0.717) is 11.4 Å². The molecule has 1 aromatic rings. The van der Waals surface area contributed by atoms with E-state index in [4.69, 9.17) is 5.73 Å². The lowest BCUT2D eigenvalue weighted by molar-refractivity contribution is 0.0897. The van der Waals surface area contributed by atoms with E-state index in [2.05, 4.69) is 29.4 Å². The van der Waals surface area contributed by atoms with Crippen LogP contribution in [0.5, 0.6) is 0 Å². The van der Waals surface area contributed by atoms with Crippen LogP contribution in [-0.2, 0) is 0 Å². The summed E-state index contributed by atoms with van der Waals surface area (Å²) in [5.41, 5.74) is 7.31. The van der Waals surface area contributed by atoms with Gasteiger partial charge in [-0.3, -0.25) is 9.89 Å². The Hall–Kier alpha value is -1.52. The molecule has 0 saturated carbocycles. The second-order valence-corrected chi connectivity index (χ2v) is 5.28. The minimum absolute atomic E-state index is 0.207. The van der Waals surface area contributed by atoms with E-state index in [1.54, 1.807) is 0 Å². The van der Waals surface area contributed by atoms with Gasteiger partial charge in [0.2, 0.25) is 0 Å². The number of amides is 1. The van der Waals surface area contributed by atoms with Crippen molar-refractivity contribution in [1.29, 1.82) is 0 Å². The van der Waals surface area contributed by atoms with Crippen LogP contribution >= 0.6 is 0 Å². The van der Waals surface area contributed by atoms with Crippen LogP contribution in [0.15, 0.2) is 0 Å². The first-order valence-corrected chi connectivity index (χ1v) is 6.50. The molecule has 4 N–H and O–H groups in total. The first-order chi connectivity index (χ1) is 8.34. The van der Waals surface area contributed by atoms with E-state index < -0.39 is 0 Å². The highest BCUT2D eigenvalue weighted by Gasteiger charge is 2.26. The lowest BCUT2D eigenvalue weighted by atomic mass is 9.95. The Morgan fingerprint density at radius 1 is 1.44 bits per heavy atom. The summed E-state index contributed by atoms with van der Waals surface area (Å²) in [5, 5.41) is 9.87.